The van der Waals surface area contributed by atoms with Crippen LogP contribution in [0.5, 0.6) is 5.75 Å². The van der Waals surface area contributed by atoms with Gasteiger partial charge in [0.2, 0.25) is 11.8 Å². The van der Waals surface area contributed by atoms with E-state index in [1.807, 2.05) is 30.3 Å². The number of ether oxygens (including phenoxy) is 1. The molecule has 2 amide bonds. The fourth-order valence-corrected chi connectivity index (χ4v) is 7.74. The van der Waals surface area contributed by atoms with Crippen molar-refractivity contribution in [2.45, 2.75) is 25.7 Å². The van der Waals surface area contributed by atoms with Crippen molar-refractivity contribution in [3.05, 3.63) is 86.9 Å². The topological polar surface area (TPSA) is 104 Å². The number of anilines is 2. The average Bonchev–Trinajstić information content (AvgIpc) is 3.26. The molecule has 9 heteroatoms. The van der Waals surface area contributed by atoms with Crippen LogP contribution in [0, 0.1) is 17.8 Å². The third kappa shape index (κ3) is 4.13. The van der Waals surface area contributed by atoms with Gasteiger partial charge in [0.05, 0.1) is 30.7 Å². The zero-order valence-electron chi connectivity index (χ0n) is 23.0. The van der Waals surface area contributed by atoms with E-state index >= 15 is 0 Å². The van der Waals surface area contributed by atoms with Gasteiger partial charge in [-0.25, -0.2) is 0 Å². The molecule has 42 heavy (non-hydrogen) atoms. The number of benzene rings is 2. The van der Waals surface area contributed by atoms with Crippen LogP contribution in [-0.4, -0.2) is 54.8 Å². The second-order valence-electron chi connectivity index (χ2n) is 11.6. The summed E-state index contributed by atoms with van der Waals surface area (Å²) in [5.41, 5.74) is 3.92. The Kier molecular flexibility index (Phi) is 6.55. The van der Waals surface area contributed by atoms with Crippen LogP contribution in [0.1, 0.15) is 31.2 Å². The predicted octanol–water partition coefficient (Wildman–Crippen LogP) is 4.63. The fraction of sp³-hybridized carbons (Fsp3) is 0.333. The number of carbonyl (C=O) groups is 4. The van der Waals surface area contributed by atoms with Gasteiger partial charge in [-0.15, -0.1) is 0 Å². The molecule has 3 aliphatic carbocycles. The number of Topliss-reactive ketones (excluding diaryl/α,β-unsaturated/α-hetero) is 1. The SMILES string of the molecule is CC1=CC(=O)C2=C(C1=O)C(c1cc(Br)ccc1O)C1=CCC3C(=O)N(c4ccc(N5CCOCC5)cc4)C(=O)C3C1C2. The van der Waals surface area contributed by atoms with E-state index in [9.17, 15) is 24.3 Å². The van der Waals surface area contributed by atoms with Gasteiger partial charge in [-0.2, -0.15) is 0 Å². The van der Waals surface area contributed by atoms with Gasteiger partial charge >= 0.3 is 0 Å². The molecule has 2 aliphatic heterocycles. The number of amides is 2. The second-order valence-corrected chi connectivity index (χ2v) is 12.5. The van der Waals surface area contributed by atoms with Crippen LogP contribution in [0.25, 0.3) is 0 Å². The summed E-state index contributed by atoms with van der Waals surface area (Å²) < 4.78 is 6.16. The number of phenolic OH excluding ortho intramolecular Hbond substituents is 1. The molecule has 2 aromatic carbocycles. The van der Waals surface area contributed by atoms with Gasteiger partial charge in [0.25, 0.3) is 0 Å². The van der Waals surface area contributed by atoms with Crippen LogP contribution in [0.4, 0.5) is 11.4 Å². The number of ketones is 2. The quantitative estimate of drug-likeness (QED) is 0.300. The zero-order valence-corrected chi connectivity index (χ0v) is 24.6. The van der Waals surface area contributed by atoms with Crippen molar-refractivity contribution in [3.63, 3.8) is 0 Å². The maximum Gasteiger partial charge on any atom is 0.238 e. The van der Waals surface area contributed by atoms with Gasteiger partial charge in [-0.3, -0.25) is 24.1 Å². The van der Waals surface area contributed by atoms with E-state index in [0.717, 1.165) is 28.8 Å². The Bertz CT molecular complexity index is 1650. The average molecular weight is 630 g/mol. The smallest absolute Gasteiger partial charge is 0.238 e. The largest absolute Gasteiger partial charge is 0.508 e. The number of morpholine rings is 1. The number of nitrogens with zero attached hydrogens (tertiary/aromatic N) is 2. The van der Waals surface area contributed by atoms with E-state index in [2.05, 4.69) is 20.8 Å². The molecule has 5 aliphatic rings. The molecular weight excluding hydrogens is 600 g/mol. The van der Waals surface area contributed by atoms with Gasteiger partial charge in [-0.05, 0) is 74.2 Å². The summed E-state index contributed by atoms with van der Waals surface area (Å²) in [4.78, 5) is 58.3. The standard InChI is InChI=1S/C33H29BrN2O6/c1-17-14-27(38)25-16-23-21(28(30(25)31(17)39)24-15-18(34)2-9-26(24)37)7-8-22-29(23)33(41)36(32(22)40)20-5-3-19(4-6-20)35-10-12-42-13-11-35/h2-7,9,14-15,22-23,28-29,37H,8,10-13,16H2,1H3. The number of aromatic hydroxyl groups is 1. The van der Waals surface area contributed by atoms with Crippen molar-refractivity contribution >= 4 is 50.7 Å². The summed E-state index contributed by atoms with van der Waals surface area (Å²) in [5.74, 6) is -3.40. The minimum absolute atomic E-state index is 0.00184. The van der Waals surface area contributed by atoms with E-state index < -0.39 is 23.7 Å². The molecular formula is C33H29BrN2O6. The minimum atomic E-state index is -0.693. The summed E-state index contributed by atoms with van der Waals surface area (Å²) >= 11 is 3.48. The summed E-state index contributed by atoms with van der Waals surface area (Å²) in [6.07, 6.45) is 3.86. The van der Waals surface area contributed by atoms with Crippen LogP contribution in [0.15, 0.2) is 81.4 Å². The molecule has 214 valence electrons. The van der Waals surface area contributed by atoms with E-state index in [-0.39, 0.29) is 35.6 Å². The molecule has 2 heterocycles. The number of fused-ring (bicyclic) bond motifs is 3. The molecule has 0 saturated carbocycles. The number of halogens is 1. The van der Waals surface area contributed by atoms with Gasteiger partial charge in [0, 0.05) is 51.5 Å². The second kappa shape index (κ2) is 10.2. The highest BCUT2D eigenvalue weighted by Gasteiger charge is 2.56. The number of phenols is 1. The zero-order chi connectivity index (χ0) is 29.3. The van der Waals surface area contributed by atoms with Gasteiger partial charge in [0.15, 0.2) is 11.6 Å². The Hall–Kier alpha value is -3.82. The molecule has 0 spiro atoms. The minimum Gasteiger partial charge on any atom is -0.508 e. The van der Waals surface area contributed by atoms with Gasteiger partial charge in [-0.1, -0.05) is 27.6 Å². The lowest BCUT2D eigenvalue weighted by molar-refractivity contribution is -0.123. The van der Waals surface area contributed by atoms with Crippen molar-refractivity contribution in [3.8, 4) is 5.75 Å². The van der Waals surface area contributed by atoms with Crippen LogP contribution < -0.4 is 9.80 Å². The Morgan fingerprint density at radius 3 is 2.38 bits per heavy atom. The lowest BCUT2D eigenvalue weighted by Gasteiger charge is -2.42. The van der Waals surface area contributed by atoms with E-state index in [4.69, 9.17) is 4.74 Å². The molecule has 7 rings (SSSR count). The van der Waals surface area contributed by atoms with Gasteiger partial charge < -0.3 is 14.7 Å². The summed E-state index contributed by atoms with van der Waals surface area (Å²) in [5, 5.41) is 11.0. The molecule has 4 atom stereocenters. The molecule has 1 N–H and O–H groups in total. The molecule has 0 aromatic heterocycles. The highest BCUT2D eigenvalue weighted by atomic mass is 79.9. The molecule has 8 nitrogen and oxygen atoms in total. The Balaban J connectivity index is 1.28. The Morgan fingerprint density at radius 1 is 0.929 bits per heavy atom. The first-order valence-corrected chi connectivity index (χ1v) is 15.0. The van der Waals surface area contributed by atoms with Gasteiger partial charge in [0.1, 0.15) is 5.75 Å². The summed E-state index contributed by atoms with van der Waals surface area (Å²) in [7, 11) is 0. The third-order valence-electron chi connectivity index (χ3n) is 9.35. The fourth-order valence-electron chi connectivity index (χ4n) is 7.36. The summed E-state index contributed by atoms with van der Waals surface area (Å²) in [6, 6.07) is 12.5. The van der Waals surface area contributed by atoms with E-state index in [0.29, 0.717) is 47.6 Å². The third-order valence-corrected chi connectivity index (χ3v) is 9.84. The lowest BCUT2D eigenvalue weighted by Crippen LogP contribution is -2.39. The molecule has 2 aromatic rings. The number of hydrogen-bond acceptors (Lipinski definition) is 7. The first-order valence-electron chi connectivity index (χ1n) is 14.2. The lowest BCUT2D eigenvalue weighted by atomic mass is 9.59. The van der Waals surface area contributed by atoms with Crippen LogP contribution >= 0.6 is 15.9 Å². The number of carbonyl (C=O) groups excluding carboxylic acids is 4. The maximum absolute atomic E-state index is 14.1. The molecule has 4 unspecified atom stereocenters. The molecule has 0 radical (unpaired) electrons. The maximum atomic E-state index is 14.1. The van der Waals surface area contributed by atoms with Crippen molar-refractivity contribution in [2.24, 2.45) is 17.8 Å². The highest BCUT2D eigenvalue weighted by Crippen LogP contribution is 2.56. The monoisotopic (exact) mass is 628 g/mol. The molecule has 2 fully saturated rings. The van der Waals surface area contributed by atoms with E-state index in [1.54, 1.807) is 25.1 Å². The normalized spacial score (nSPS) is 27.5. The summed E-state index contributed by atoms with van der Waals surface area (Å²) in [6.45, 7) is 4.50. The number of allylic oxidation sites excluding steroid dienone is 6. The van der Waals surface area contributed by atoms with Crippen molar-refractivity contribution in [2.75, 3.05) is 36.1 Å². The molecule has 0 bridgehead atoms. The molecule has 2 saturated heterocycles. The van der Waals surface area contributed by atoms with Crippen LogP contribution in [0.3, 0.4) is 0 Å². The number of hydrogen-bond donors (Lipinski definition) is 1. The van der Waals surface area contributed by atoms with Crippen LogP contribution in [-0.2, 0) is 23.9 Å². The Morgan fingerprint density at radius 2 is 1.64 bits per heavy atom. The van der Waals surface area contributed by atoms with Crippen molar-refractivity contribution in [1.29, 1.82) is 0 Å². The first kappa shape index (κ1) is 27.0. The number of rotatable bonds is 3. The van der Waals surface area contributed by atoms with Crippen LogP contribution in [0.2, 0.25) is 0 Å². The highest BCUT2D eigenvalue weighted by molar-refractivity contribution is 9.10. The van der Waals surface area contributed by atoms with Crippen molar-refractivity contribution < 1.29 is 29.0 Å². The number of imide groups is 1. The predicted molar refractivity (Wildman–Crippen MR) is 159 cm³/mol. The first-order chi connectivity index (χ1) is 20.2. The van der Waals surface area contributed by atoms with Crippen molar-refractivity contribution in [1.82, 2.24) is 0 Å². The van der Waals surface area contributed by atoms with E-state index in [1.165, 1.54) is 11.0 Å². The Labute approximate surface area is 251 Å².